The van der Waals surface area contributed by atoms with Gasteiger partial charge in [-0.3, -0.25) is 0 Å². The van der Waals surface area contributed by atoms with E-state index in [-0.39, 0.29) is 12.0 Å². The largest absolute Gasteiger partial charge is 0.303 e. The van der Waals surface area contributed by atoms with Gasteiger partial charge in [-0.1, -0.05) is 24.3 Å². The lowest BCUT2D eigenvalue weighted by Crippen LogP contribution is -1.87. The molecule has 0 aromatic heterocycles. The van der Waals surface area contributed by atoms with Gasteiger partial charge in [-0.25, -0.2) is 4.39 Å². The van der Waals surface area contributed by atoms with Crippen molar-refractivity contribution >= 4 is 12.4 Å². The van der Waals surface area contributed by atoms with Crippen LogP contribution in [0.4, 0.5) is 4.39 Å². The van der Waals surface area contributed by atoms with Gasteiger partial charge < -0.3 is 4.79 Å². The lowest BCUT2D eigenvalue weighted by atomic mass is 10.1. The molecule has 1 rings (SSSR count). The Morgan fingerprint density at radius 2 is 2.29 bits per heavy atom. The average molecular weight is 189 g/mol. The summed E-state index contributed by atoms with van der Waals surface area (Å²) in [4.78, 5) is 10.0. The molecule has 0 aliphatic rings. The fraction of sp³-hybridized carbons (Fsp3) is 0.0909. The van der Waals surface area contributed by atoms with E-state index < -0.39 is 5.82 Å². The van der Waals surface area contributed by atoms with E-state index in [2.05, 4.69) is 0 Å². The van der Waals surface area contributed by atoms with Gasteiger partial charge in [0.25, 0.3) is 0 Å². The number of carbonyl (C=O) groups excluding carboxylic acids is 1. The fourth-order valence-electron chi connectivity index (χ4n) is 1.05. The van der Waals surface area contributed by atoms with E-state index in [1.165, 1.54) is 12.1 Å². The van der Waals surface area contributed by atoms with Gasteiger partial charge in [-0.05, 0) is 11.6 Å². The van der Waals surface area contributed by atoms with Gasteiger partial charge in [0.2, 0.25) is 0 Å². The Labute approximate surface area is 81.3 Å². The first-order chi connectivity index (χ1) is 6.79. The molecule has 0 N–H and O–H groups in total. The van der Waals surface area contributed by atoms with Gasteiger partial charge in [0.15, 0.2) is 0 Å². The molecule has 0 radical (unpaired) electrons. The monoisotopic (exact) mass is 189 g/mol. The van der Waals surface area contributed by atoms with E-state index >= 15 is 0 Å². The highest BCUT2D eigenvalue weighted by molar-refractivity contribution is 5.62. The number of benzene rings is 1. The SMILES string of the molecule is N#Cc1c(F)cccc1C=CCC=O. The van der Waals surface area contributed by atoms with Crippen LogP contribution >= 0.6 is 0 Å². The maximum atomic E-state index is 13.0. The van der Waals surface area contributed by atoms with E-state index in [9.17, 15) is 9.18 Å². The summed E-state index contributed by atoms with van der Waals surface area (Å²) in [5, 5.41) is 8.66. The van der Waals surface area contributed by atoms with E-state index in [0.29, 0.717) is 5.56 Å². The Morgan fingerprint density at radius 1 is 1.50 bits per heavy atom. The van der Waals surface area contributed by atoms with Crippen molar-refractivity contribution in [1.82, 2.24) is 0 Å². The molecule has 2 nitrogen and oxygen atoms in total. The van der Waals surface area contributed by atoms with E-state index in [0.717, 1.165) is 6.29 Å². The first-order valence-electron chi connectivity index (χ1n) is 4.08. The van der Waals surface area contributed by atoms with Crippen LogP contribution in [0.5, 0.6) is 0 Å². The predicted molar refractivity (Wildman–Crippen MR) is 50.8 cm³/mol. The Morgan fingerprint density at radius 3 is 2.93 bits per heavy atom. The summed E-state index contributed by atoms with van der Waals surface area (Å²) >= 11 is 0. The second-order valence-electron chi connectivity index (χ2n) is 2.62. The lowest BCUT2D eigenvalue weighted by molar-refractivity contribution is -0.107. The van der Waals surface area contributed by atoms with Gasteiger partial charge >= 0.3 is 0 Å². The molecule has 0 atom stereocenters. The van der Waals surface area contributed by atoms with Crippen LogP contribution in [0.15, 0.2) is 24.3 Å². The maximum Gasteiger partial charge on any atom is 0.141 e. The van der Waals surface area contributed by atoms with Gasteiger partial charge in [0.05, 0.1) is 5.56 Å². The van der Waals surface area contributed by atoms with Gasteiger partial charge in [-0.15, -0.1) is 0 Å². The average Bonchev–Trinajstić information content (AvgIpc) is 2.18. The Bertz CT molecular complexity index is 404. The van der Waals surface area contributed by atoms with Crippen LogP contribution in [0.1, 0.15) is 17.5 Å². The minimum absolute atomic E-state index is 0.00893. The van der Waals surface area contributed by atoms with Crippen molar-refractivity contribution in [3.63, 3.8) is 0 Å². The first-order valence-corrected chi connectivity index (χ1v) is 4.08. The standard InChI is InChI=1S/C11H8FNO/c12-11-6-3-5-9(10(11)8-13)4-1-2-7-14/h1,3-7H,2H2. The molecule has 0 aliphatic carbocycles. The number of nitrogens with zero attached hydrogens (tertiary/aromatic N) is 1. The summed E-state index contributed by atoms with van der Waals surface area (Å²) in [6.07, 6.45) is 4.15. The third-order valence-electron chi connectivity index (χ3n) is 1.69. The molecule has 0 heterocycles. The Hall–Kier alpha value is -1.95. The van der Waals surface area contributed by atoms with Crippen LogP contribution in [-0.4, -0.2) is 6.29 Å². The summed E-state index contributed by atoms with van der Waals surface area (Å²) in [6.45, 7) is 0. The van der Waals surface area contributed by atoms with Crippen molar-refractivity contribution in [2.45, 2.75) is 6.42 Å². The van der Waals surface area contributed by atoms with Crippen LogP contribution in [0.2, 0.25) is 0 Å². The zero-order chi connectivity index (χ0) is 10.4. The minimum Gasteiger partial charge on any atom is -0.303 e. The van der Waals surface area contributed by atoms with E-state index in [1.54, 1.807) is 24.3 Å². The van der Waals surface area contributed by atoms with Crippen molar-refractivity contribution in [2.75, 3.05) is 0 Å². The summed E-state index contributed by atoms with van der Waals surface area (Å²) in [5.41, 5.74) is 0.504. The third-order valence-corrected chi connectivity index (χ3v) is 1.69. The van der Waals surface area contributed by atoms with Crippen LogP contribution in [0.25, 0.3) is 6.08 Å². The molecule has 0 saturated heterocycles. The van der Waals surface area contributed by atoms with E-state index in [4.69, 9.17) is 5.26 Å². The van der Waals surface area contributed by atoms with Gasteiger partial charge in [-0.2, -0.15) is 5.26 Å². The Balaban J connectivity index is 3.03. The second kappa shape index (κ2) is 4.93. The normalized spacial score (nSPS) is 10.0. The summed E-state index contributed by atoms with van der Waals surface area (Å²) in [5.74, 6) is -0.541. The van der Waals surface area contributed by atoms with Gasteiger partial charge in [0.1, 0.15) is 18.2 Å². The van der Waals surface area contributed by atoms with Crippen LogP contribution in [0, 0.1) is 17.1 Å². The van der Waals surface area contributed by atoms with Crippen molar-refractivity contribution in [3.8, 4) is 6.07 Å². The molecule has 0 unspecified atom stereocenters. The number of aldehydes is 1. The van der Waals surface area contributed by atoms with Crippen molar-refractivity contribution in [2.24, 2.45) is 0 Å². The Kier molecular flexibility index (Phi) is 3.57. The molecule has 1 aromatic rings. The molecule has 0 aliphatic heterocycles. The predicted octanol–water partition coefficient (Wildman–Crippen LogP) is 2.30. The fourth-order valence-corrected chi connectivity index (χ4v) is 1.05. The number of hydrogen-bond donors (Lipinski definition) is 0. The number of rotatable bonds is 3. The summed E-state index contributed by atoms with van der Waals surface area (Å²) in [7, 11) is 0. The summed E-state index contributed by atoms with van der Waals surface area (Å²) in [6, 6.07) is 6.16. The molecule has 0 amide bonds. The van der Waals surface area contributed by atoms with Crippen LogP contribution < -0.4 is 0 Å². The van der Waals surface area contributed by atoms with Crippen molar-refractivity contribution in [3.05, 3.63) is 41.2 Å². The minimum atomic E-state index is -0.541. The molecule has 3 heteroatoms. The molecule has 0 saturated carbocycles. The zero-order valence-electron chi connectivity index (χ0n) is 7.40. The highest BCUT2D eigenvalue weighted by atomic mass is 19.1. The quantitative estimate of drug-likeness (QED) is 0.684. The number of halogens is 1. The first kappa shape index (κ1) is 10.1. The van der Waals surface area contributed by atoms with Gasteiger partial charge in [0, 0.05) is 6.42 Å². The number of carbonyl (C=O) groups is 1. The highest BCUT2D eigenvalue weighted by Gasteiger charge is 2.03. The number of allylic oxidation sites excluding steroid dienone is 1. The molecule has 0 fully saturated rings. The summed E-state index contributed by atoms with van der Waals surface area (Å²) < 4.78 is 13.0. The van der Waals surface area contributed by atoms with E-state index in [1.807, 2.05) is 0 Å². The topological polar surface area (TPSA) is 40.9 Å². The molecule has 1 aromatic carbocycles. The number of nitriles is 1. The zero-order valence-corrected chi connectivity index (χ0v) is 7.40. The second-order valence-corrected chi connectivity index (χ2v) is 2.62. The third kappa shape index (κ3) is 2.27. The van der Waals surface area contributed by atoms with Crippen molar-refractivity contribution in [1.29, 1.82) is 5.26 Å². The molecular weight excluding hydrogens is 181 g/mol. The smallest absolute Gasteiger partial charge is 0.141 e. The van der Waals surface area contributed by atoms with Crippen LogP contribution in [0.3, 0.4) is 0 Å². The maximum absolute atomic E-state index is 13.0. The molecule has 14 heavy (non-hydrogen) atoms. The molecule has 0 spiro atoms. The molecular formula is C11H8FNO. The van der Waals surface area contributed by atoms with Crippen molar-refractivity contribution < 1.29 is 9.18 Å². The number of hydrogen-bond acceptors (Lipinski definition) is 2. The molecule has 0 bridgehead atoms. The molecule has 70 valence electrons. The van der Waals surface area contributed by atoms with Crippen LogP contribution in [-0.2, 0) is 4.79 Å². The lowest BCUT2D eigenvalue weighted by Gasteiger charge is -1.97. The highest BCUT2D eigenvalue weighted by Crippen LogP contribution is 2.13.